The molecule has 102 valence electrons. The van der Waals surface area contributed by atoms with Gasteiger partial charge in [0.15, 0.2) is 5.82 Å². The lowest BCUT2D eigenvalue weighted by molar-refractivity contribution is 0.178. The van der Waals surface area contributed by atoms with Crippen molar-refractivity contribution in [1.82, 2.24) is 9.97 Å². The molecule has 2 aromatic rings. The van der Waals surface area contributed by atoms with Gasteiger partial charge in [0.05, 0.1) is 10.9 Å². The Labute approximate surface area is 126 Å². The third-order valence-electron chi connectivity index (χ3n) is 2.41. The first kappa shape index (κ1) is 14.5. The molecule has 4 nitrogen and oxygen atoms in total. The first-order valence-electron chi connectivity index (χ1n) is 5.56. The first-order valence-corrected chi connectivity index (χ1v) is 7.13. The van der Waals surface area contributed by atoms with E-state index in [2.05, 4.69) is 9.97 Å². The van der Waals surface area contributed by atoms with Crippen molar-refractivity contribution in [2.24, 2.45) is 0 Å². The minimum atomic E-state index is 0.340. The number of aromatic nitrogens is 2. The van der Waals surface area contributed by atoms with Crippen molar-refractivity contribution in [2.75, 3.05) is 19.1 Å². The normalized spacial score (nSPS) is 10.7. The Bertz CT molecular complexity index is 562. The summed E-state index contributed by atoms with van der Waals surface area (Å²) in [4.78, 5) is 11.7. The van der Waals surface area contributed by atoms with Crippen LogP contribution in [0.3, 0.4) is 0 Å². The maximum atomic E-state index is 5.99. The molecule has 0 fully saturated rings. The van der Waals surface area contributed by atoms with Crippen LogP contribution in [-0.2, 0) is 17.9 Å². The molecule has 0 spiro atoms. The predicted molar refractivity (Wildman–Crippen MR) is 79.2 cm³/mol. The summed E-state index contributed by atoms with van der Waals surface area (Å²) in [5.41, 5.74) is 0. The summed E-state index contributed by atoms with van der Waals surface area (Å²) in [5.74, 6) is 1.33. The zero-order valence-corrected chi connectivity index (χ0v) is 12.9. The SMILES string of the molecule is COCc1nc(Cl)cc(N(C)Cc2ccc(Cl)s2)n1. The number of hydrogen-bond donors (Lipinski definition) is 0. The number of anilines is 1. The highest BCUT2D eigenvalue weighted by molar-refractivity contribution is 7.16. The van der Waals surface area contributed by atoms with Crippen molar-refractivity contribution in [3.8, 4) is 0 Å². The highest BCUT2D eigenvalue weighted by atomic mass is 35.5. The quantitative estimate of drug-likeness (QED) is 0.789. The van der Waals surface area contributed by atoms with E-state index >= 15 is 0 Å². The average Bonchev–Trinajstić information content (AvgIpc) is 2.74. The van der Waals surface area contributed by atoms with Crippen LogP contribution in [0, 0.1) is 0 Å². The second-order valence-corrected chi connectivity index (χ2v) is 6.15. The lowest BCUT2D eigenvalue weighted by atomic mass is 10.4. The summed E-state index contributed by atoms with van der Waals surface area (Å²) >= 11 is 13.5. The summed E-state index contributed by atoms with van der Waals surface area (Å²) in [6.07, 6.45) is 0. The molecule has 7 heteroatoms. The molecule has 0 bridgehead atoms. The summed E-state index contributed by atoms with van der Waals surface area (Å²) < 4.78 is 5.80. The van der Waals surface area contributed by atoms with Gasteiger partial charge in [0.1, 0.15) is 17.6 Å². The van der Waals surface area contributed by atoms with E-state index in [4.69, 9.17) is 27.9 Å². The van der Waals surface area contributed by atoms with Crippen LogP contribution in [0.15, 0.2) is 18.2 Å². The molecule has 0 N–H and O–H groups in total. The van der Waals surface area contributed by atoms with Crippen LogP contribution in [0.4, 0.5) is 5.82 Å². The van der Waals surface area contributed by atoms with Gasteiger partial charge in [-0.15, -0.1) is 11.3 Å². The van der Waals surface area contributed by atoms with Crippen LogP contribution in [0.5, 0.6) is 0 Å². The Morgan fingerprint density at radius 3 is 2.74 bits per heavy atom. The lowest BCUT2D eigenvalue weighted by Gasteiger charge is -2.17. The van der Waals surface area contributed by atoms with Crippen molar-refractivity contribution >= 4 is 40.4 Å². The smallest absolute Gasteiger partial charge is 0.158 e. The number of rotatable bonds is 5. The molecule has 2 aromatic heterocycles. The minimum Gasteiger partial charge on any atom is -0.377 e. The second-order valence-electron chi connectivity index (χ2n) is 3.96. The molecule has 0 aromatic carbocycles. The summed E-state index contributed by atoms with van der Waals surface area (Å²) in [6.45, 7) is 1.06. The fourth-order valence-electron chi connectivity index (χ4n) is 1.59. The topological polar surface area (TPSA) is 38.2 Å². The number of halogens is 2. The Morgan fingerprint density at radius 2 is 2.11 bits per heavy atom. The number of methoxy groups -OCH3 is 1. The molecule has 0 aliphatic heterocycles. The zero-order chi connectivity index (χ0) is 13.8. The molecule has 0 saturated carbocycles. The summed E-state index contributed by atoms with van der Waals surface area (Å²) in [7, 11) is 3.55. The van der Waals surface area contributed by atoms with Crippen LogP contribution < -0.4 is 4.90 Å². The molecule has 0 unspecified atom stereocenters. The van der Waals surface area contributed by atoms with Gasteiger partial charge < -0.3 is 9.64 Å². The number of thiophene rings is 1. The van der Waals surface area contributed by atoms with Crippen molar-refractivity contribution in [2.45, 2.75) is 13.2 Å². The van der Waals surface area contributed by atoms with Gasteiger partial charge in [0.2, 0.25) is 0 Å². The highest BCUT2D eigenvalue weighted by Crippen LogP contribution is 2.24. The maximum absolute atomic E-state index is 5.99. The monoisotopic (exact) mass is 317 g/mol. The molecule has 0 atom stereocenters. The number of nitrogens with zero attached hydrogens (tertiary/aromatic N) is 3. The van der Waals surface area contributed by atoms with Crippen molar-refractivity contribution in [3.63, 3.8) is 0 Å². The zero-order valence-electron chi connectivity index (χ0n) is 10.6. The molecule has 0 aliphatic carbocycles. The third-order valence-corrected chi connectivity index (χ3v) is 3.82. The van der Waals surface area contributed by atoms with Gasteiger partial charge in [0.25, 0.3) is 0 Å². The molecule has 2 rings (SSSR count). The van der Waals surface area contributed by atoms with Crippen molar-refractivity contribution in [1.29, 1.82) is 0 Å². The molecule has 19 heavy (non-hydrogen) atoms. The van der Waals surface area contributed by atoms with E-state index in [9.17, 15) is 0 Å². The van der Waals surface area contributed by atoms with Gasteiger partial charge in [-0.25, -0.2) is 9.97 Å². The van der Waals surface area contributed by atoms with E-state index in [1.54, 1.807) is 24.5 Å². The van der Waals surface area contributed by atoms with E-state index in [-0.39, 0.29) is 0 Å². The molecule has 0 radical (unpaired) electrons. The van der Waals surface area contributed by atoms with E-state index in [0.29, 0.717) is 17.6 Å². The number of hydrogen-bond acceptors (Lipinski definition) is 5. The van der Waals surface area contributed by atoms with Crippen LogP contribution in [0.25, 0.3) is 0 Å². The van der Waals surface area contributed by atoms with Crippen molar-refractivity contribution < 1.29 is 4.74 Å². The van der Waals surface area contributed by atoms with E-state index < -0.39 is 0 Å². The first-order chi connectivity index (χ1) is 9.08. The molecule has 0 amide bonds. The predicted octanol–water partition coefficient (Wildman–Crippen LogP) is 3.63. The fraction of sp³-hybridized carbons (Fsp3) is 0.333. The van der Waals surface area contributed by atoms with E-state index in [1.165, 1.54) is 0 Å². The minimum absolute atomic E-state index is 0.340. The molecular formula is C12H13Cl2N3OS. The molecule has 2 heterocycles. The Morgan fingerprint density at radius 1 is 1.32 bits per heavy atom. The van der Waals surface area contributed by atoms with E-state index in [0.717, 1.165) is 21.6 Å². The number of ether oxygens (including phenoxy) is 1. The summed E-state index contributed by atoms with van der Waals surface area (Å²) in [6, 6.07) is 5.62. The molecule has 0 saturated heterocycles. The van der Waals surface area contributed by atoms with Gasteiger partial charge in [-0.05, 0) is 12.1 Å². The second kappa shape index (κ2) is 6.52. The lowest BCUT2D eigenvalue weighted by Crippen LogP contribution is -2.18. The van der Waals surface area contributed by atoms with Crippen LogP contribution in [0.2, 0.25) is 9.49 Å². The Kier molecular flexibility index (Phi) is 4.99. The Hall–Kier alpha value is -0.880. The third kappa shape index (κ3) is 4.04. The standard InChI is InChI=1S/C12H13Cl2N3OS/c1-17(6-8-3-4-10(14)19-8)12-5-9(13)15-11(16-12)7-18-2/h3-5H,6-7H2,1-2H3. The van der Waals surface area contributed by atoms with Crippen molar-refractivity contribution in [3.05, 3.63) is 38.4 Å². The average molecular weight is 318 g/mol. The van der Waals surface area contributed by atoms with Gasteiger partial charge in [-0.3, -0.25) is 0 Å². The van der Waals surface area contributed by atoms with E-state index in [1.807, 2.05) is 24.1 Å². The Balaban J connectivity index is 2.15. The largest absolute Gasteiger partial charge is 0.377 e. The molecule has 0 aliphatic rings. The van der Waals surface area contributed by atoms with Gasteiger partial charge in [-0.1, -0.05) is 23.2 Å². The highest BCUT2D eigenvalue weighted by Gasteiger charge is 2.09. The fourth-order valence-corrected chi connectivity index (χ4v) is 2.93. The maximum Gasteiger partial charge on any atom is 0.158 e. The van der Waals surface area contributed by atoms with Crippen LogP contribution in [0.1, 0.15) is 10.7 Å². The van der Waals surface area contributed by atoms with Gasteiger partial charge in [-0.2, -0.15) is 0 Å². The molecular weight excluding hydrogens is 305 g/mol. The van der Waals surface area contributed by atoms with Crippen LogP contribution >= 0.6 is 34.5 Å². The van der Waals surface area contributed by atoms with Crippen LogP contribution in [-0.4, -0.2) is 24.1 Å². The van der Waals surface area contributed by atoms with Gasteiger partial charge >= 0.3 is 0 Å². The summed E-state index contributed by atoms with van der Waals surface area (Å²) in [5, 5.41) is 0.410. The van der Waals surface area contributed by atoms with Gasteiger partial charge in [0, 0.05) is 25.1 Å².